The summed E-state index contributed by atoms with van der Waals surface area (Å²) in [6, 6.07) is 7.27. The average Bonchev–Trinajstić information content (AvgIpc) is 2.54. The molecule has 6 heteroatoms. The van der Waals surface area contributed by atoms with Crippen molar-refractivity contribution < 1.29 is 24.1 Å². The molecule has 0 fully saturated rings. The summed E-state index contributed by atoms with van der Waals surface area (Å²) < 4.78 is 15.6. The van der Waals surface area contributed by atoms with Crippen molar-refractivity contribution in [2.45, 2.75) is 0 Å². The van der Waals surface area contributed by atoms with E-state index in [0.29, 0.717) is 11.3 Å². The van der Waals surface area contributed by atoms with E-state index in [9.17, 15) is 15.0 Å². The van der Waals surface area contributed by atoms with Gasteiger partial charge in [-0.2, -0.15) is 0 Å². The van der Waals surface area contributed by atoms with E-state index in [1.54, 1.807) is 12.1 Å². The predicted molar refractivity (Wildman–Crippen MR) is 84.4 cm³/mol. The van der Waals surface area contributed by atoms with Crippen molar-refractivity contribution >= 4 is 11.0 Å². The summed E-state index contributed by atoms with van der Waals surface area (Å²) in [6.45, 7) is 0. The van der Waals surface area contributed by atoms with Crippen molar-refractivity contribution in [3.8, 4) is 34.1 Å². The van der Waals surface area contributed by atoms with Crippen LogP contribution in [0.15, 0.2) is 45.8 Å². The Hall–Kier alpha value is -3.15. The fraction of sp³-hybridized carbons (Fsp3) is 0.118. The Balaban J connectivity index is 2.30. The van der Waals surface area contributed by atoms with Crippen LogP contribution in [0.2, 0.25) is 0 Å². The molecule has 2 aromatic carbocycles. The van der Waals surface area contributed by atoms with E-state index in [2.05, 4.69) is 0 Å². The fourth-order valence-corrected chi connectivity index (χ4v) is 2.42. The maximum atomic E-state index is 12.8. The first kappa shape index (κ1) is 14.8. The molecule has 0 aliphatic carbocycles. The number of benzene rings is 2. The Labute approximate surface area is 131 Å². The number of ether oxygens (including phenoxy) is 2. The number of rotatable bonds is 3. The molecule has 23 heavy (non-hydrogen) atoms. The average molecular weight is 314 g/mol. The molecule has 0 aliphatic rings. The van der Waals surface area contributed by atoms with Gasteiger partial charge in [0, 0.05) is 23.8 Å². The van der Waals surface area contributed by atoms with Crippen molar-refractivity contribution in [2.75, 3.05) is 14.2 Å². The summed E-state index contributed by atoms with van der Waals surface area (Å²) in [4.78, 5) is 12.8. The highest BCUT2D eigenvalue weighted by atomic mass is 16.5. The van der Waals surface area contributed by atoms with Crippen LogP contribution in [0.4, 0.5) is 0 Å². The van der Waals surface area contributed by atoms with E-state index in [0.717, 1.165) is 0 Å². The minimum absolute atomic E-state index is 0.0717. The highest BCUT2D eigenvalue weighted by Crippen LogP contribution is 2.34. The maximum Gasteiger partial charge on any atom is 0.204 e. The van der Waals surface area contributed by atoms with Crippen LogP contribution in [0.5, 0.6) is 23.0 Å². The van der Waals surface area contributed by atoms with Gasteiger partial charge in [-0.15, -0.1) is 0 Å². The molecular formula is C17H14O6. The first-order valence-electron chi connectivity index (χ1n) is 6.75. The molecule has 1 heterocycles. The number of aromatic hydroxyl groups is 2. The number of phenolic OH excluding ortho intramolecular Hbond substituents is 2. The molecule has 3 aromatic rings. The first-order valence-corrected chi connectivity index (χ1v) is 6.75. The summed E-state index contributed by atoms with van der Waals surface area (Å²) >= 11 is 0. The van der Waals surface area contributed by atoms with Crippen LogP contribution in [-0.4, -0.2) is 24.4 Å². The molecule has 2 N–H and O–H groups in total. The van der Waals surface area contributed by atoms with E-state index in [1.807, 2.05) is 0 Å². The standard InChI is InChI=1S/C17H14O6/c1-21-10-3-4-11(13(19)7-10)12-8-23-15-6-9(18)5-14(22-2)16(15)17(12)20/h3-8,18-19H,1-2H3. The van der Waals surface area contributed by atoms with Gasteiger partial charge in [-0.3, -0.25) is 4.79 Å². The van der Waals surface area contributed by atoms with Gasteiger partial charge in [-0.25, -0.2) is 0 Å². The van der Waals surface area contributed by atoms with Gasteiger partial charge in [0.15, 0.2) is 0 Å². The highest BCUT2D eigenvalue weighted by Gasteiger charge is 2.17. The van der Waals surface area contributed by atoms with Gasteiger partial charge in [-0.1, -0.05) is 0 Å². The van der Waals surface area contributed by atoms with Gasteiger partial charge in [-0.05, 0) is 12.1 Å². The molecule has 6 nitrogen and oxygen atoms in total. The number of hydrogen-bond acceptors (Lipinski definition) is 6. The molecule has 0 saturated carbocycles. The molecule has 0 atom stereocenters. The summed E-state index contributed by atoms with van der Waals surface area (Å²) in [7, 11) is 2.88. The molecular weight excluding hydrogens is 300 g/mol. The summed E-state index contributed by atoms with van der Waals surface area (Å²) in [5.41, 5.74) is 0.324. The zero-order valence-corrected chi connectivity index (χ0v) is 12.5. The molecule has 0 amide bonds. The quantitative estimate of drug-likeness (QED) is 0.772. The van der Waals surface area contributed by atoms with E-state index in [1.165, 1.54) is 38.7 Å². The minimum Gasteiger partial charge on any atom is -0.508 e. The lowest BCUT2D eigenvalue weighted by Gasteiger charge is -2.09. The Bertz CT molecular complexity index is 942. The largest absolute Gasteiger partial charge is 0.508 e. The van der Waals surface area contributed by atoms with Crippen LogP contribution >= 0.6 is 0 Å². The van der Waals surface area contributed by atoms with Crippen LogP contribution in [0.3, 0.4) is 0 Å². The smallest absolute Gasteiger partial charge is 0.204 e. The topological polar surface area (TPSA) is 89.1 Å². The normalized spacial score (nSPS) is 10.7. The number of methoxy groups -OCH3 is 2. The van der Waals surface area contributed by atoms with Crippen molar-refractivity contribution in [3.05, 3.63) is 46.8 Å². The Morgan fingerprint density at radius 3 is 2.43 bits per heavy atom. The predicted octanol–water partition coefficient (Wildman–Crippen LogP) is 2.89. The van der Waals surface area contributed by atoms with Gasteiger partial charge in [0.2, 0.25) is 5.43 Å². The molecule has 0 unspecified atom stereocenters. The number of hydrogen-bond donors (Lipinski definition) is 2. The Morgan fingerprint density at radius 2 is 1.78 bits per heavy atom. The number of fused-ring (bicyclic) bond motifs is 1. The van der Waals surface area contributed by atoms with E-state index in [4.69, 9.17) is 13.9 Å². The third-order valence-electron chi connectivity index (χ3n) is 3.54. The van der Waals surface area contributed by atoms with E-state index < -0.39 is 0 Å². The van der Waals surface area contributed by atoms with Crippen molar-refractivity contribution in [1.82, 2.24) is 0 Å². The van der Waals surface area contributed by atoms with Crippen LogP contribution < -0.4 is 14.9 Å². The molecule has 0 spiro atoms. The maximum absolute atomic E-state index is 12.8. The third kappa shape index (κ3) is 2.44. The highest BCUT2D eigenvalue weighted by molar-refractivity contribution is 5.89. The van der Waals surface area contributed by atoms with Crippen molar-refractivity contribution in [3.63, 3.8) is 0 Å². The van der Waals surface area contributed by atoms with Gasteiger partial charge in [0.25, 0.3) is 0 Å². The zero-order chi connectivity index (χ0) is 16.6. The number of phenols is 2. The zero-order valence-electron chi connectivity index (χ0n) is 12.5. The lowest BCUT2D eigenvalue weighted by Crippen LogP contribution is -2.06. The monoisotopic (exact) mass is 314 g/mol. The van der Waals surface area contributed by atoms with Gasteiger partial charge < -0.3 is 24.1 Å². The molecule has 3 rings (SSSR count). The van der Waals surface area contributed by atoms with Crippen LogP contribution in [0.1, 0.15) is 0 Å². The summed E-state index contributed by atoms with van der Waals surface area (Å²) in [5, 5.41) is 19.9. The second-order valence-corrected chi connectivity index (χ2v) is 4.88. The Kier molecular flexibility index (Phi) is 3.57. The van der Waals surface area contributed by atoms with Crippen molar-refractivity contribution in [2.24, 2.45) is 0 Å². The van der Waals surface area contributed by atoms with Crippen LogP contribution in [0, 0.1) is 0 Å². The second-order valence-electron chi connectivity index (χ2n) is 4.88. The first-order chi connectivity index (χ1) is 11.0. The molecule has 118 valence electrons. The van der Waals surface area contributed by atoms with Crippen molar-refractivity contribution in [1.29, 1.82) is 0 Å². The molecule has 0 radical (unpaired) electrons. The lowest BCUT2D eigenvalue weighted by molar-refractivity contribution is 0.408. The van der Waals surface area contributed by atoms with Gasteiger partial charge in [0.1, 0.15) is 40.2 Å². The lowest BCUT2D eigenvalue weighted by atomic mass is 10.0. The van der Waals surface area contributed by atoms with Gasteiger partial charge in [0.05, 0.1) is 19.8 Å². The van der Waals surface area contributed by atoms with Crippen LogP contribution in [-0.2, 0) is 0 Å². The van der Waals surface area contributed by atoms with E-state index >= 15 is 0 Å². The Morgan fingerprint density at radius 1 is 1.00 bits per heavy atom. The fourth-order valence-electron chi connectivity index (χ4n) is 2.42. The van der Waals surface area contributed by atoms with E-state index in [-0.39, 0.29) is 39.2 Å². The third-order valence-corrected chi connectivity index (χ3v) is 3.54. The molecule has 1 aromatic heterocycles. The molecule has 0 aliphatic heterocycles. The molecule has 0 saturated heterocycles. The van der Waals surface area contributed by atoms with Gasteiger partial charge >= 0.3 is 0 Å². The summed E-state index contributed by atoms with van der Waals surface area (Å²) in [6.07, 6.45) is 1.24. The van der Waals surface area contributed by atoms with Crippen LogP contribution in [0.25, 0.3) is 22.1 Å². The SMILES string of the molecule is COc1ccc(-c2coc3cc(O)cc(OC)c3c2=O)c(O)c1. The summed E-state index contributed by atoms with van der Waals surface area (Å²) in [5.74, 6) is 0.494. The molecule has 0 bridgehead atoms. The minimum atomic E-state index is -0.372. The second kappa shape index (κ2) is 5.57.